The van der Waals surface area contributed by atoms with Crippen LogP contribution >= 0.6 is 0 Å². The molecule has 49 heavy (non-hydrogen) atoms. The van der Waals surface area contributed by atoms with Crippen molar-refractivity contribution in [1.29, 1.82) is 0 Å². The fraction of sp³-hybridized carbons (Fsp3) is 0.371. The molecule has 4 aromatic rings. The second-order valence-electron chi connectivity index (χ2n) is 12.1. The Kier molecular flexibility index (Phi) is 10.4. The molecule has 1 saturated carbocycles. The summed E-state index contributed by atoms with van der Waals surface area (Å²) in [6.45, 7) is 3.94. The van der Waals surface area contributed by atoms with Crippen LogP contribution in [0.25, 0.3) is 22.5 Å². The molecule has 1 aliphatic carbocycles. The fourth-order valence-electron chi connectivity index (χ4n) is 6.24. The van der Waals surface area contributed by atoms with Gasteiger partial charge in [-0.3, -0.25) is 25.1 Å². The van der Waals surface area contributed by atoms with Gasteiger partial charge in [-0.1, -0.05) is 92.9 Å². The fourth-order valence-corrected chi connectivity index (χ4v) is 6.24. The SMILES string of the molecule is CCCCC1=NC2(CCCC2)C(=O)N1Cc1ccc(-c2ccccc2-c2nnn(C(C)OC(=O)Oc3ccccc3CON(O)O)n2)cc1. The van der Waals surface area contributed by atoms with Crippen molar-refractivity contribution in [3.05, 3.63) is 83.9 Å². The zero-order chi connectivity index (χ0) is 34.4. The smallest absolute Gasteiger partial charge is 0.407 e. The van der Waals surface area contributed by atoms with E-state index in [1.807, 2.05) is 53.4 Å². The minimum absolute atomic E-state index is 0.114. The first kappa shape index (κ1) is 33.9. The van der Waals surface area contributed by atoms with E-state index < -0.39 is 23.3 Å². The third-order valence-corrected chi connectivity index (χ3v) is 8.78. The molecule has 6 rings (SSSR count). The quantitative estimate of drug-likeness (QED) is 0.0907. The molecule has 14 nitrogen and oxygen atoms in total. The Balaban J connectivity index is 1.13. The van der Waals surface area contributed by atoms with Crippen LogP contribution in [0.15, 0.2) is 77.8 Å². The first-order valence-electron chi connectivity index (χ1n) is 16.4. The maximum atomic E-state index is 13.6. The zero-order valence-corrected chi connectivity index (χ0v) is 27.4. The van der Waals surface area contributed by atoms with E-state index in [0.717, 1.165) is 73.0 Å². The van der Waals surface area contributed by atoms with Crippen molar-refractivity contribution in [3.63, 3.8) is 0 Å². The number of aliphatic imine (C=N–C) groups is 1. The lowest BCUT2D eigenvalue weighted by Gasteiger charge is -2.23. The first-order chi connectivity index (χ1) is 23.8. The number of hydrogen-bond donors (Lipinski definition) is 2. The molecule has 1 aromatic heterocycles. The summed E-state index contributed by atoms with van der Waals surface area (Å²) in [6.07, 6.45) is 4.64. The number of carbonyl (C=O) groups excluding carboxylic acids is 2. The van der Waals surface area contributed by atoms with E-state index in [1.165, 1.54) is 10.9 Å². The van der Waals surface area contributed by atoms with Gasteiger partial charge in [-0.05, 0) is 54.2 Å². The van der Waals surface area contributed by atoms with E-state index in [2.05, 4.69) is 27.2 Å². The average Bonchev–Trinajstić information content (AvgIpc) is 3.85. The number of hydrogen-bond acceptors (Lipinski definition) is 12. The second kappa shape index (κ2) is 15.0. The van der Waals surface area contributed by atoms with Gasteiger partial charge in [-0.15, -0.1) is 15.0 Å². The molecule has 14 heteroatoms. The van der Waals surface area contributed by atoms with Crippen molar-refractivity contribution < 1.29 is 34.3 Å². The summed E-state index contributed by atoms with van der Waals surface area (Å²) in [6, 6.07) is 22.2. The molecule has 0 bridgehead atoms. The highest BCUT2D eigenvalue weighted by atomic mass is 17.1. The number of para-hydroxylation sites is 1. The van der Waals surface area contributed by atoms with Crippen molar-refractivity contribution >= 4 is 17.9 Å². The first-order valence-corrected chi connectivity index (χ1v) is 16.4. The predicted molar refractivity (Wildman–Crippen MR) is 176 cm³/mol. The van der Waals surface area contributed by atoms with Crippen LogP contribution in [-0.2, 0) is 27.5 Å². The summed E-state index contributed by atoms with van der Waals surface area (Å²) < 4.78 is 10.7. The topological polar surface area (TPSA) is 165 Å². The summed E-state index contributed by atoms with van der Waals surface area (Å²) in [4.78, 5) is 38.8. The number of rotatable bonds is 13. The molecule has 2 heterocycles. The standard InChI is InChI=1S/C35H39N7O7/c1-3-4-15-31-36-35(20-9-10-21-35)33(43)40(31)22-25-16-18-26(19-17-25)28-12-6-7-13-29(28)32-37-39-41(38-32)24(2)48-34(44)49-30-14-8-5-11-27(30)23-47-42(45)46/h5-8,11-14,16-19,24,45-46H,3-4,9-10,15,20-23H2,1-2H3. The number of nitrogens with zero attached hydrogens (tertiary/aromatic N) is 7. The van der Waals surface area contributed by atoms with Gasteiger partial charge in [0.05, 0.1) is 11.9 Å². The minimum Gasteiger partial charge on any atom is -0.407 e. The normalized spacial score (nSPS) is 16.0. The molecule has 0 radical (unpaired) electrons. The summed E-state index contributed by atoms with van der Waals surface area (Å²) in [5.41, 5.74) is 3.40. The molecular formula is C35H39N7O7. The van der Waals surface area contributed by atoms with Crippen LogP contribution in [0.4, 0.5) is 4.79 Å². The number of amides is 1. The average molecular weight is 670 g/mol. The lowest BCUT2D eigenvalue weighted by atomic mass is 9.97. The molecule has 256 valence electrons. The number of ether oxygens (including phenoxy) is 2. The van der Waals surface area contributed by atoms with Gasteiger partial charge in [0, 0.05) is 17.5 Å². The van der Waals surface area contributed by atoms with Gasteiger partial charge in [0.1, 0.15) is 23.7 Å². The molecule has 1 atom stereocenters. The van der Waals surface area contributed by atoms with Crippen molar-refractivity contribution in [2.45, 2.75) is 83.7 Å². The van der Waals surface area contributed by atoms with E-state index in [0.29, 0.717) is 17.9 Å². The monoisotopic (exact) mass is 669 g/mol. The largest absolute Gasteiger partial charge is 0.515 e. The van der Waals surface area contributed by atoms with Gasteiger partial charge in [-0.2, -0.15) is 0 Å². The zero-order valence-electron chi connectivity index (χ0n) is 27.4. The number of amidine groups is 1. The number of unbranched alkanes of at least 4 members (excludes halogenated alkanes) is 1. The highest BCUT2D eigenvalue weighted by molar-refractivity contribution is 6.08. The summed E-state index contributed by atoms with van der Waals surface area (Å²) in [5.74, 6) is 1.51. The van der Waals surface area contributed by atoms with Gasteiger partial charge < -0.3 is 9.47 Å². The maximum absolute atomic E-state index is 13.6. The third kappa shape index (κ3) is 7.67. The molecule has 1 unspecified atom stereocenters. The Hall–Kier alpha value is -5.02. The summed E-state index contributed by atoms with van der Waals surface area (Å²) in [7, 11) is 0. The van der Waals surface area contributed by atoms with Crippen LogP contribution < -0.4 is 4.74 Å². The molecule has 1 spiro atoms. The number of aromatic nitrogens is 4. The molecule has 2 aliphatic rings. The second-order valence-corrected chi connectivity index (χ2v) is 12.1. The van der Waals surface area contributed by atoms with E-state index in [9.17, 15) is 9.59 Å². The Bertz CT molecular complexity index is 1800. The molecule has 1 aliphatic heterocycles. The maximum Gasteiger partial charge on any atom is 0.515 e. The minimum atomic E-state index is -1.03. The van der Waals surface area contributed by atoms with Crippen LogP contribution in [0.5, 0.6) is 5.75 Å². The van der Waals surface area contributed by atoms with E-state index in [-0.39, 0.29) is 18.3 Å². The van der Waals surface area contributed by atoms with Crippen LogP contribution in [-0.4, -0.2) is 64.3 Å². The Labute approximate surface area is 283 Å². The molecular weight excluding hydrogens is 630 g/mol. The van der Waals surface area contributed by atoms with E-state index in [4.69, 9.17) is 24.9 Å². The van der Waals surface area contributed by atoms with Crippen molar-refractivity contribution in [3.8, 4) is 28.3 Å². The van der Waals surface area contributed by atoms with Gasteiger partial charge in [0.15, 0.2) is 0 Å². The van der Waals surface area contributed by atoms with Crippen LogP contribution in [0.2, 0.25) is 0 Å². The predicted octanol–water partition coefficient (Wildman–Crippen LogP) is 6.50. The van der Waals surface area contributed by atoms with E-state index in [1.54, 1.807) is 25.1 Å². The van der Waals surface area contributed by atoms with Gasteiger partial charge in [0.25, 0.3) is 5.91 Å². The highest BCUT2D eigenvalue weighted by Gasteiger charge is 2.49. The number of carbonyl (C=O) groups is 2. The molecule has 1 fully saturated rings. The van der Waals surface area contributed by atoms with Crippen molar-refractivity contribution in [1.82, 2.24) is 30.5 Å². The van der Waals surface area contributed by atoms with E-state index >= 15 is 0 Å². The van der Waals surface area contributed by atoms with Crippen molar-refractivity contribution in [2.24, 2.45) is 4.99 Å². The van der Waals surface area contributed by atoms with Crippen molar-refractivity contribution in [2.75, 3.05) is 0 Å². The van der Waals surface area contributed by atoms with Crippen LogP contribution in [0, 0.1) is 0 Å². The molecule has 1 amide bonds. The molecule has 0 saturated heterocycles. The van der Waals surface area contributed by atoms with Gasteiger partial charge >= 0.3 is 6.16 Å². The third-order valence-electron chi connectivity index (χ3n) is 8.78. The lowest BCUT2D eigenvalue weighted by Crippen LogP contribution is -2.40. The van der Waals surface area contributed by atoms with Gasteiger partial charge in [-0.25, -0.2) is 9.63 Å². The number of tetrazole rings is 1. The Morgan fingerprint density at radius 1 is 1.00 bits per heavy atom. The number of benzene rings is 3. The molecule has 2 N–H and O–H groups in total. The summed E-state index contributed by atoms with van der Waals surface area (Å²) in [5, 5.41) is 30.0. The van der Waals surface area contributed by atoms with Crippen LogP contribution in [0.1, 0.15) is 76.1 Å². The Morgan fingerprint density at radius 3 is 2.45 bits per heavy atom. The lowest BCUT2D eigenvalue weighted by molar-refractivity contribution is -0.497. The molecule has 3 aromatic carbocycles. The van der Waals surface area contributed by atoms with Gasteiger partial charge in [0.2, 0.25) is 12.1 Å². The summed E-state index contributed by atoms with van der Waals surface area (Å²) >= 11 is 0. The Morgan fingerprint density at radius 2 is 1.71 bits per heavy atom. The highest BCUT2D eigenvalue weighted by Crippen LogP contribution is 2.40. The van der Waals surface area contributed by atoms with Crippen LogP contribution in [0.3, 0.4) is 0 Å².